The van der Waals surface area contributed by atoms with E-state index >= 15 is 0 Å². The van der Waals surface area contributed by atoms with Gasteiger partial charge in [0.25, 0.3) is 5.56 Å². The zero-order valence-corrected chi connectivity index (χ0v) is 13.9. The molecule has 2 aromatic carbocycles. The van der Waals surface area contributed by atoms with Gasteiger partial charge in [-0.25, -0.2) is 0 Å². The van der Waals surface area contributed by atoms with E-state index in [1.807, 2.05) is 12.1 Å². The molecule has 1 aromatic heterocycles. The number of nitrogens with one attached hydrogen (secondary N) is 1. The third-order valence-corrected chi connectivity index (χ3v) is 3.73. The van der Waals surface area contributed by atoms with Gasteiger partial charge in [-0.1, -0.05) is 29.8 Å². The maximum atomic E-state index is 12.0. The van der Waals surface area contributed by atoms with Gasteiger partial charge in [0, 0.05) is 18.0 Å². The topological polar surface area (TPSA) is 60.3 Å². The van der Waals surface area contributed by atoms with Crippen LogP contribution in [0.4, 0.5) is 5.69 Å². The number of amides is 1. The Morgan fingerprint density at radius 3 is 2.44 bits per heavy atom. The number of nitrogens with zero attached hydrogens (tertiary/aromatic N) is 1. The highest BCUT2D eigenvalue weighted by molar-refractivity contribution is 6.32. The second-order valence-corrected chi connectivity index (χ2v) is 5.68. The monoisotopic (exact) mass is 354 g/mol. The molecule has 126 valence electrons. The number of benzene rings is 2. The van der Waals surface area contributed by atoms with Crippen LogP contribution in [0.2, 0.25) is 5.02 Å². The molecule has 0 aliphatic heterocycles. The summed E-state index contributed by atoms with van der Waals surface area (Å²) in [6.45, 7) is -0.0441. The van der Waals surface area contributed by atoms with Crippen LogP contribution in [-0.2, 0) is 11.3 Å². The SMILES string of the molecule is O=C(Cn1ccccc1=O)Nc1ccc(Oc2ccccc2Cl)cc1. The van der Waals surface area contributed by atoms with Gasteiger partial charge in [0.1, 0.15) is 18.0 Å². The van der Waals surface area contributed by atoms with Gasteiger partial charge in [-0.2, -0.15) is 0 Å². The fourth-order valence-corrected chi connectivity index (χ4v) is 2.38. The van der Waals surface area contributed by atoms with Crippen LogP contribution in [0.3, 0.4) is 0 Å². The third kappa shape index (κ3) is 4.49. The first-order valence-corrected chi connectivity index (χ1v) is 7.97. The Labute approximate surface area is 149 Å². The second kappa shape index (κ2) is 7.68. The summed E-state index contributed by atoms with van der Waals surface area (Å²) in [6, 6.07) is 18.8. The van der Waals surface area contributed by atoms with Crippen LogP contribution in [0.5, 0.6) is 11.5 Å². The lowest BCUT2D eigenvalue weighted by Crippen LogP contribution is -2.26. The molecule has 3 aromatic rings. The van der Waals surface area contributed by atoms with Gasteiger partial charge in [0.2, 0.25) is 5.91 Å². The summed E-state index contributed by atoms with van der Waals surface area (Å²) in [5.74, 6) is 0.878. The van der Waals surface area contributed by atoms with Crippen LogP contribution in [-0.4, -0.2) is 10.5 Å². The molecule has 25 heavy (non-hydrogen) atoms. The van der Waals surface area contributed by atoms with Crippen molar-refractivity contribution in [1.29, 1.82) is 0 Å². The highest BCUT2D eigenvalue weighted by Gasteiger charge is 2.06. The lowest BCUT2D eigenvalue weighted by Gasteiger charge is -2.09. The summed E-state index contributed by atoms with van der Waals surface area (Å²) < 4.78 is 7.03. The molecule has 1 heterocycles. The van der Waals surface area contributed by atoms with Crippen molar-refractivity contribution in [3.8, 4) is 11.5 Å². The lowest BCUT2D eigenvalue weighted by molar-refractivity contribution is -0.116. The quantitative estimate of drug-likeness (QED) is 0.755. The normalized spacial score (nSPS) is 10.3. The molecule has 0 radical (unpaired) electrons. The van der Waals surface area contributed by atoms with Crippen LogP contribution >= 0.6 is 11.6 Å². The number of anilines is 1. The molecule has 0 atom stereocenters. The first-order chi connectivity index (χ1) is 12.1. The van der Waals surface area contributed by atoms with E-state index in [2.05, 4.69) is 5.32 Å². The summed E-state index contributed by atoms with van der Waals surface area (Å²) in [7, 11) is 0. The molecular weight excluding hydrogens is 340 g/mol. The predicted octanol–water partition coefficient (Wildman–Crippen LogP) is 3.93. The van der Waals surface area contributed by atoms with Crippen LogP contribution in [0, 0.1) is 0 Å². The number of hydrogen-bond donors (Lipinski definition) is 1. The van der Waals surface area contributed by atoms with Crippen molar-refractivity contribution in [1.82, 2.24) is 4.57 Å². The van der Waals surface area contributed by atoms with Gasteiger partial charge in [-0.05, 0) is 42.5 Å². The Morgan fingerprint density at radius 2 is 1.72 bits per heavy atom. The molecule has 0 saturated heterocycles. The van der Waals surface area contributed by atoms with Crippen molar-refractivity contribution in [2.24, 2.45) is 0 Å². The van der Waals surface area contributed by atoms with Crippen molar-refractivity contribution in [2.75, 3.05) is 5.32 Å². The minimum absolute atomic E-state index is 0.0441. The van der Waals surface area contributed by atoms with Gasteiger partial charge in [0.15, 0.2) is 0 Å². The molecule has 1 amide bonds. The summed E-state index contributed by atoms with van der Waals surface area (Å²) in [6.07, 6.45) is 1.57. The van der Waals surface area contributed by atoms with Crippen molar-refractivity contribution < 1.29 is 9.53 Å². The largest absolute Gasteiger partial charge is 0.456 e. The first-order valence-electron chi connectivity index (χ1n) is 7.59. The molecule has 5 nitrogen and oxygen atoms in total. The molecule has 0 saturated carbocycles. The maximum absolute atomic E-state index is 12.0. The maximum Gasteiger partial charge on any atom is 0.250 e. The average molecular weight is 355 g/mol. The standard InChI is InChI=1S/C19H15ClN2O3/c20-16-5-1-2-6-17(16)25-15-10-8-14(9-11-15)21-18(23)13-22-12-4-3-7-19(22)24/h1-12H,13H2,(H,21,23). The number of hydrogen-bond acceptors (Lipinski definition) is 3. The molecule has 0 aliphatic rings. The minimum atomic E-state index is -0.284. The third-order valence-electron chi connectivity index (χ3n) is 3.42. The number of rotatable bonds is 5. The van der Waals surface area contributed by atoms with Crippen LogP contribution in [0.1, 0.15) is 0 Å². The fraction of sp³-hybridized carbons (Fsp3) is 0.0526. The smallest absolute Gasteiger partial charge is 0.250 e. The Morgan fingerprint density at radius 1 is 1.00 bits per heavy atom. The molecule has 3 rings (SSSR count). The summed E-state index contributed by atoms with van der Waals surface area (Å²) in [4.78, 5) is 23.6. The van der Waals surface area contributed by atoms with E-state index in [4.69, 9.17) is 16.3 Å². The van der Waals surface area contributed by atoms with E-state index < -0.39 is 0 Å². The number of para-hydroxylation sites is 1. The minimum Gasteiger partial charge on any atom is -0.456 e. The summed E-state index contributed by atoms with van der Waals surface area (Å²) >= 11 is 6.05. The van der Waals surface area contributed by atoms with E-state index in [0.29, 0.717) is 22.2 Å². The molecule has 0 fully saturated rings. The number of carbonyl (C=O) groups is 1. The molecule has 0 aliphatic carbocycles. The van der Waals surface area contributed by atoms with Gasteiger partial charge in [0.05, 0.1) is 5.02 Å². The molecular formula is C19H15ClN2O3. The summed E-state index contributed by atoms with van der Waals surface area (Å²) in [5.41, 5.74) is 0.390. The van der Waals surface area contributed by atoms with E-state index in [0.717, 1.165) is 0 Å². The predicted molar refractivity (Wildman–Crippen MR) is 97.3 cm³/mol. The number of halogens is 1. The van der Waals surface area contributed by atoms with Crippen molar-refractivity contribution in [2.45, 2.75) is 6.54 Å². The van der Waals surface area contributed by atoms with Gasteiger partial charge in [-0.3, -0.25) is 9.59 Å². The summed E-state index contributed by atoms with van der Waals surface area (Å²) in [5, 5.41) is 3.26. The Hall–Kier alpha value is -3.05. The number of aromatic nitrogens is 1. The van der Waals surface area contributed by atoms with Gasteiger partial charge < -0.3 is 14.6 Å². The second-order valence-electron chi connectivity index (χ2n) is 5.27. The molecule has 0 unspecified atom stereocenters. The Bertz CT molecular complexity index is 936. The van der Waals surface area contributed by atoms with E-state index in [9.17, 15) is 9.59 Å². The number of pyridine rings is 1. The molecule has 0 bridgehead atoms. The zero-order chi connectivity index (χ0) is 17.6. The zero-order valence-electron chi connectivity index (χ0n) is 13.2. The van der Waals surface area contributed by atoms with Crippen LogP contribution in [0.25, 0.3) is 0 Å². The molecule has 6 heteroatoms. The first kappa shape index (κ1) is 16.8. The number of ether oxygens (including phenoxy) is 1. The average Bonchev–Trinajstić information content (AvgIpc) is 2.61. The highest BCUT2D eigenvalue weighted by atomic mass is 35.5. The highest BCUT2D eigenvalue weighted by Crippen LogP contribution is 2.29. The van der Waals surface area contributed by atoms with E-state index in [-0.39, 0.29) is 18.0 Å². The number of carbonyl (C=O) groups excluding carboxylic acids is 1. The Balaban J connectivity index is 1.63. The van der Waals surface area contributed by atoms with E-state index in [1.165, 1.54) is 10.6 Å². The van der Waals surface area contributed by atoms with Gasteiger partial charge in [-0.15, -0.1) is 0 Å². The van der Waals surface area contributed by atoms with E-state index in [1.54, 1.807) is 54.7 Å². The molecule has 1 N–H and O–H groups in total. The van der Waals surface area contributed by atoms with Crippen molar-refractivity contribution >= 4 is 23.2 Å². The van der Waals surface area contributed by atoms with Crippen LogP contribution in [0.15, 0.2) is 77.7 Å². The van der Waals surface area contributed by atoms with Gasteiger partial charge >= 0.3 is 0 Å². The lowest BCUT2D eigenvalue weighted by atomic mass is 10.3. The molecule has 0 spiro atoms. The van der Waals surface area contributed by atoms with Crippen molar-refractivity contribution in [3.05, 3.63) is 88.3 Å². The fourth-order valence-electron chi connectivity index (χ4n) is 2.21. The Kier molecular flexibility index (Phi) is 5.16. The van der Waals surface area contributed by atoms with Crippen LogP contribution < -0.4 is 15.6 Å². The van der Waals surface area contributed by atoms with Crippen molar-refractivity contribution in [3.63, 3.8) is 0 Å².